The molecule has 0 radical (unpaired) electrons. The van der Waals surface area contributed by atoms with Gasteiger partial charge in [0.1, 0.15) is 5.69 Å². The second-order valence-corrected chi connectivity index (χ2v) is 4.64. The fourth-order valence-electron chi connectivity index (χ4n) is 2.51. The van der Waals surface area contributed by atoms with E-state index in [0.29, 0.717) is 11.5 Å². The van der Waals surface area contributed by atoms with Crippen molar-refractivity contribution >= 4 is 5.91 Å². The first-order chi connectivity index (χ1) is 9.25. The fourth-order valence-corrected chi connectivity index (χ4v) is 2.51. The van der Waals surface area contributed by atoms with Crippen molar-refractivity contribution in [3.63, 3.8) is 0 Å². The van der Waals surface area contributed by atoms with Crippen LogP contribution in [0.4, 0.5) is 0 Å². The maximum absolute atomic E-state index is 11.6. The molecule has 6 nitrogen and oxygen atoms in total. The van der Waals surface area contributed by atoms with E-state index in [2.05, 4.69) is 19.9 Å². The molecule has 1 saturated heterocycles. The second-order valence-electron chi connectivity index (χ2n) is 4.64. The average molecular weight is 257 g/mol. The monoisotopic (exact) mass is 257 g/mol. The summed E-state index contributed by atoms with van der Waals surface area (Å²) in [6, 6.07) is 0.0416. The number of imidazole rings is 1. The van der Waals surface area contributed by atoms with Crippen LogP contribution in [-0.4, -0.2) is 37.3 Å². The highest BCUT2D eigenvalue weighted by Crippen LogP contribution is 2.30. The Morgan fingerprint density at radius 1 is 1.47 bits per heavy atom. The molecule has 0 aliphatic carbocycles. The Morgan fingerprint density at radius 2 is 2.37 bits per heavy atom. The number of carbonyl (C=O) groups excluding carboxylic acids is 1. The zero-order valence-electron chi connectivity index (χ0n) is 10.7. The first-order valence-electron chi connectivity index (χ1n) is 6.34. The summed E-state index contributed by atoms with van der Waals surface area (Å²) in [5, 5.41) is 0. The van der Waals surface area contributed by atoms with Crippen LogP contribution in [-0.2, 0) is 4.79 Å². The van der Waals surface area contributed by atoms with Crippen molar-refractivity contribution in [1.82, 2.24) is 24.8 Å². The number of nitrogens with zero attached hydrogens (tertiary/aromatic N) is 4. The third kappa shape index (κ3) is 2.21. The van der Waals surface area contributed by atoms with Crippen LogP contribution in [0.3, 0.4) is 0 Å². The number of likely N-dealkylation sites (tertiary alicyclic amines) is 1. The molecule has 0 saturated carbocycles. The third-order valence-electron chi connectivity index (χ3n) is 3.39. The largest absolute Gasteiger partial charge is 0.343 e. The maximum atomic E-state index is 11.6. The SMILES string of the molecule is CC(=O)N1CCC[C@@H]1c1cncc(-c2ncc[nH]2)n1. The predicted molar refractivity (Wildman–Crippen MR) is 69.0 cm³/mol. The molecule has 1 N–H and O–H groups in total. The molecule has 0 aromatic carbocycles. The van der Waals surface area contributed by atoms with E-state index in [-0.39, 0.29) is 11.9 Å². The molecule has 1 amide bonds. The quantitative estimate of drug-likeness (QED) is 0.885. The van der Waals surface area contributed by atoms with Crippen molar-refractivity contribution in [2.45, 2.75) is 25.8 Å². The molecule has 6 heteroatoms. The second kappa shape index (κ2) is 4.79. The van der Waals surface area contributed by atoms with Crippen molar-refractivity contribution in [3.05, 3.63) is 30.5 Å². The van der Waals surface area contributed by atoms with Crippen LogP contribution in [0, 0.1) is 0 Å². The lowest BCUT2D eigenvalue weighted by Gasteiger charge is -2.22. The number of aromatic nitrogens is 4. The zero-order chi connectivity index (χ0) is 13.2. The molecule has 3 heterocycles. The van der Waals surface area contributed by atoms with Crippen molar-refractivity contribution in [2.24, 2.45) is 0 Å². The van der Waals surface area contributed by atoms with Gasteiger partial charge in [-0.1, -0.05) is 0 Å². The minimum atomic E-state index is 0.0416. The summed E-state index contributed by atoms with van der Waals surface area (Å²) in [4.78, 5) is 29.4. The maximum Gasteiger partial charge on any atom is 0.220 e. The van der Waals surface area contributed by atoms with Gasteiger partial charge in [0.25, 0.3) is 0 Å². The fraction of sp³-hybridized carbons (Fsp3) is 0.385. The summed E-state index contributed by atoms with van der Waals surface area (Å²) < 4.78 is 0. The van der Waals surface area contributed by atoms with E-state index in [9.17, 15) is 4.79 Å². The summed E-state index contributed by atoms with van der Waals surface area (Å²) in [5.41, 5.74) is 1.54. The lowest BCUT2D eigenvalue weighted by Crippen LogP contribution is -2.28. The van der Waals surface area contributed by atoms with Gasteiger partial charge in [-0.2, -0.15) is 0 Å². The van der Waals surface area contributed by atoms with Gasteiger partial charge in [-0.05, 0) is 12.8 Å². The number of rotatable bonds is 2. The molecule has 98 valence electrons. The van der Waals surface area contributed by atoms with Crippen molar-refractivity contribution in [1.29, 1.82) is 0 Å². The van der Waals surface area contributed by atoms with E-state index in [0.717, 1.165) is 25.1 Å². The minimum Gasteiger partial charge on any atom is -0.343 e. The van der Waals surface area contributed by atoms with Crippen molar-refractivity contribution in [2.75, 3.05) is 6.54 Å². The van der Waals surface area contributed by atoms with Gasteiger partial charge in [-0.25, -0.2) is 9.97 Å². The molecule has 1 aliphatic rings. The third-order valence-corrected chi connectivity index (χ3v) is 3.39. The number of carbonyl (C=O) groups is 1. The van der Waals surface area contributed by atoms with Gasteiger partial charge >= 0.3 is 0 Å². The predicted octanol–water partition coefficient (Wildman–Crippen LogP) is 1.55. The molecular weight excluding hydrogens is 242 g/mol. The normalized spacial score (nSPS) is 18.8. The molecule has 19 heavy (non-hydrogen) atoms. The van der Waals surface area contributed by atoms with Gasteiger partial charge in [0.05, 0.1) is 24.1 Å². The van der Waals surface area contributed by atoms with Crippen molar-refractivity contribution in [3.8, 4) is 11.5 Å². The van der Waals surface area contributed by atoms with Gasteiger partial charge < -0.3 is 9.88 Å². The van der Waals surface area contributed by atoms with Crippen LogP contribution < -0.4 is 0 Å². The summed E-state index contributed by atoms with van der Waals surface area (Å²) in [6.45, 7) is 2.40. The zero-order valence-corrected chi connectivity index (χ0v) is 10.7. The first-order valence-corrected chi connectivity index (χ1v) is 6.34. The van der Waals surface area contributed by atoms with Gasteiger partial charge in [0.2, 0.25) is 5.91 Å². The Kier molecular flexibility index (Phi) is 2.98. The van der Waals surface area contributed by atoms with Gasteiger partial charge in [-0.15, -0.1) is 0 Å². The van der Waals surface area contributed by atoms with Gasteiger partial charge in [0.15, 0.2) is 5.82 Å². The molecule has 1 aliphatic heterocycles. The Labute approximate surface area is 110 Å². The Hall–Kier alpha value is -2.24. The average Bonchev–Trinajstić information content (AvgIpc) is 3.10. The number of aromatic amines is 1. The molecule has 2 aromatic heterocycles. The molecule has 0 bridgehead atoms. The summed E-state index contributed by atoms with van der Waals surface area (Å²) in [6.07, 6.45) is 8.79. The van der Waals surface area contributed by atoms with Crippen LogP contribution in [0.15, 0.2) is 24.8 Å². The highest BCUT2D eigenvalue weighted by Gasteiger charge is 2.29. The lowest BCUT2D eigenvalue weighted by molar-refractivity contribution is -0.129. The highest BCUT2D eigenvalue weighted by atomic mass is 16.2. The molecule has 3 rings (SSSR count). The number of nitrogens with one attached hydrogen (secondary N) is 1. The lowest BCUT2D eigenvalue weighted by atomic mass is 10.1. The van der Waals surface area contributed by atoms with Crippen LogP contribution in [0.1, 0.15) is 31.5 Å². The van der Waals surface area contributed by atoms with Gasteiger partial charge in [0, 0.05) is 25.9 Å². The van der Waals surface area contributed by atoms with E-state index >= 15 is 0 Å². The van der Waals surface area contributed by atoms with Crippen LogP contribution in [0.5, 0.6) is 0 Å². The van der Waals surface area contributed by atoms with Crippen LogP contribution >= 0.6 is 0 Å². The topological polar surface area (TPSA) is 74.8 Å². The smallest absolute Gasteiger partial charge is 0.220 e. The standard InChI is InChI=1S/C13H15N5O/c1-9(19)18-6-2-3-12(18)10-7-14-8-11(17-10)13-15-4-5-16-13/h4-5,7-8,12H,2-3,6H2,1H3,(H,15,16)/t12-/m1/s1. The van der Waals surface area contributed by atoms with E-state index in [4.69, 9.17) is 0 Å². The number of amides is 1. The van der Waals surface area contributed by atoms with Crippen molar-refractivity contribution < 1.29 is 4.79 Å². The number of hydrogen-bond donors (Lipinski definition) is 1. The molecule has 2 aromatic rings. The molecule has 1 atom stereocenters. The molecular formula is C13H15N5O. The summed E-state index contributed by atoms with van der Waals surface area (Å²) >= 11 is 0. The van der Waals surface area contributed by atoms with E-state index in [1.165, 1.54) is 0 Å². The van der Waals surface area contributed by atoms with E-state index in [1.54, 1.807) is 31.7 Å². The Morgan fingerprint density at radius 3 is 3.11 bits per heavy atom. The first kappa shape index (κ1) is 11.8. The van der Waals surface area contributed by atoms with Gasteiger partial charge in [-0.3, -0.25) is 9.78 Å². The number of hydrogen-bond acceptors (Lipinski definition) is 4. The Bertz CT molecular complexity index is 580. The highest BCUT2D eigenvalue weighted by molar-refractivity contribution is 5.74. The Balaban J connectivity index is 1.93. The minimum absolute atomic E-state index is 0.0416. The van der Waals surface area contributed by atoms with Crippen LogP contribution in [0.2, 0.25) is 0 Å². The molecule has 0 unspecified atom stereocenters. The molecule has 1 fully saturated rings. The van der Waals surface area contributed by atoms with Crippen LogP contribution in [0.25, 0.3) is 11.5 Å². The summed E-state index contributed by atoms with van der Waals surface area (Å²) in [7, 11) is 0. The summed E-state index contributed by atoms with van der Waals surface area (Å²) in [5.74, 6) is 0.787. The van der Waals surface area contributed by atoms with E-state index < -0.39 is 0 Å². The molecule has 0 spiro atoms. The number of H-pyrrole nitrogens is 1. The van der Waals surface area contributed by atoms with E-state index in [1.807, 2.05) is 4.90 Å².